The van der Waals surface area contributed by atoms with Gasteiger partial charge in [-0.3, -0.25) is 4.79 Å². The Morgan fingerprint density at radius 1 is 1.35 bits per heavy atom. The summed E-state index contributed by atoms with van der Waals surface area (Å²) in [5.41, 5.74) is 6.01. The highest BCUT2D eigenvalue weighted by atomic mass is 35.5. The van der Waals surface area contributed by atoms with Gasteiger partial charge >= 0.3 is 0 Å². The molecule has 0 bridgehead atoms. The molecule has 114 valence electrons. The van der Waals surface area contributed by atoms with E-state index in [1.165, 1.54) is 0 Å². The first-order valence-electron chi connectivity index (χ1n) is 6.44. The molecule has 0 saturated carbocycles. The van der Waals surface area contributed by atoms with Crippen molar-refractivity contribution in [2.75, 3.05) is 13.1 Å². The van der Waals surface area contributed by atoms with E-state index in [4.69, 9.17) is 10.5 Å². The lowest BCUT2D eigenvalue weighted by atomic mass is 10.1. The Kier molecular flexibility index (Phi) is 8.96. The second-order valence-corrected chi connectivity index (χ2v) is 4.59. The van der Waals surface area contributed by atoms with Gasteiger partial charge in [0, 0.05) is 19.5 Å². The number of nitrogens with one attached hydrogen (secondary N) is 1. The second-order valence-electron chi connectivity index (χ2n) is 4.59. The minimum atomic E-state index is -0.727. The third kappa shape index (κ3) is 6.75. The van der Waals surface area contributed by atoms with Crippen LogP contribution in [0.1, 0.15) is 31.9 Å². The number of aliphatic hydroxyl groups is 1. The molecule has 0 aromatic heterocycles. The van der Waals surface area contributed by atoms with Crippen molar-refractivity contribution >= 4 is 18.3 Å². The fourth-order valence-electron chi connectivity index (χ4n) is 1.59. The Bertz CT molecular complexity index is 396. The Morgan fingerprint density at radius 2 is 1.95 bits per heavy atom. The van der Waals surface area contributed by atoms with Gasteiger partial charge in [-0.05, 0) is 31.5 Å². The van der Waals surface area contributed by atoms with Crippen LogP contribution in [0.25, 0.3) is 0 Å². The maximum atomic E-state index is 11.2. The molecule has 0 aliphatic rings. The molecule has 0 heterocycles. The van der Waals surface area contributed by atoms with Gasteiger partial charge in [-0.15, -0.1) is 12.4 Å². The van der Waals surface area contributed by atoms with Gasteiger partial charge < -0.3 is 20.9 Å². The average Bonchev–Trinajstić information content (AvgIpc) is 2.36. The summed E-state index contributed by atoms with van der Waals surface area (Å²) in [5.74, 6) is 0.611. The van der Waals surface area contributed by atoms with E-state index in [1.807, 2.05) is 13.8 Å². The van der Waals surface area contributed by atoms with E-state index in [0.717, 1.165) is 11.3 Å². The number of aliphatic hydroxyl groups excluding tert-OH is 1. The molecular formula is C14H23ClN2O3. The van der Waals surface area contributed by atoms with Crippen molar-refractivity contribution in [3.63, 3.8) is 0 Å². The van der Waals surface area contributed by atoms with Crippen molar-refractivity contribution in [2.45, 2.75) is 32.5 Å². The minimum Gasteiger partial charge on any atom is -0.491 e. The molecule has 1 rings (SSSR count). The van der Waals surface area contributed by atoms with Crippen LogP contribution in [0.5, 0.6) is 5.75 Å². The van der Waals surface area contributed by atoms with Crippen LogP contribution >= 0.6 is 12.4 Å². The molecule has 4 N–H and O–H groups in total. The molecule has 0 radical (unpaired) electrons. The molecule has 0 aliphatic heterocycles. The summed E-state index contributed by atoms with van der Waals surface area (Å²) in [5, 5.41) is 12.6. The van der Waals surface area contributed by atoms with Gasteiger partial charge in [-0.2, -0.15) is 0 Å². The SMILES string of the molecule is CC(C)Oc1ccc(C(O)CNC(=O)CCN)cc1.Cl. The molecule has 0 spiro atoms. The van der Waals surface area contributed by atoms with Crippen LogP contribution in [-0.2, 0) is 4.79 Å². The number of rotatable bonds is 7. The van der Waals surface area contributed by atoms with Crippen molar-refractivity contribution in [1.82, 2.24) is 5.32 Å². The smallest absolute Gasteiger partial charge is 0.221 e. The standard InChI is InChI=1S/C14H22N2O3.ClH/c1-10(2)19-12-5-3-11(4-6-12)13(17)9-16-14(18)7-8-15;/h3-6,10,13,17H,7-9,15H2,1-2H3,(H,16,18);1H. The van der Waals surface area contributed by atoms with Crippen molar-refractivity contribution in [2.24, 2.45) is 5.73 Å². The summed E-state index contributed by atoms with van der Waals surface area (Å²) >= 11 is 0. The fourth-order valence-corrected chi connectivity index (χ4v) is 1.59. The predicted octanol–water partition coefficient (Wildman–Crippen LogP) is 1.39. The van der Waals surface area contributed by atoms with E-state index < -0.39 is 6.10 Å². The number of carbonyl (C=O) groups excluding carboxylic acids is 1. The van der Waals surface area contributed by atoms with Crippen LogP contribution < -0.4 is 15.8 Å². The van der Waals surface area contributed by atoms with Gasteiger partial charge in [-0.1, -0.05) is 12.1 Å². The molecule has 1 atom stereocenters. The number of amides is 1. The molecule has 20 heavy (non-hydrogen) atoms. The molecule has 1 unspecified atom stereocenters. The first-order valence-corrected chi connectivity index (χ1v) is 6.44. The zero-order valence-electron chi connectivity index (χ0n) is 11.8. The van der Waals surface area contributed by atoms with Gasteiger partial charge in [0.1, 0.15) is 5.75 Å². The van der Waals surface area contributed by atoms with Crippen molar-refractivity contribution in [1.29, 1.82) is 0 Å². The number of nitrogens with two attached hydrogens (primary N) is 1. The van der Waals surface area contributed by atoms with E-state index in [1.54, 1.807) is 24.3 Å². The van der Waals surface area contributed by atoms with Crippen LogP contribution in [0.4, 0.5) is 0 Å². The molecule has 0 fully saturated rings. The summed E-state index contributed by atoms with van der Waals surface area (Å²) in [6.07, 6.45) is -0.338. The van der Waals surface area contributed by atoms with Gasteiger partial charge in [0.15, 0.2) is 0 Å². The van der Waals surface area contributed by atoms with E-state index in [0.29, 0.717) is 6.54 Å². The lowest BCUT2D eigenvalue weighted by molar-refractivity contribution is -0.121. The van der Waals surface area contributed by atoms with Crippen LogP contribution in [0.3, 0.4) is 0 Å². The summed E-state index contributed by atoms with van der Waals surface area (Å²) in [6.45, 7) is 4.40. The van der Waals surface area contributed by atoms with Gasteiger partial charge in [-0.25, -0.2) is 0 Å². The zero-order valence-corrected chi connectivity index (χ0v) is 12.7. The highest BCUT2D eigenvalue weighted by molar-refractivity contribution is 5.85. The summed E-state index contributed by atoms with van der Waals surface area (Å²) < 4.78 is 5.51. The molecule has 1 amide bonds. The summed E-state index contributed by atoms with van der Waals surface area (Å²) in [4.78, 5) is 11.2. The monoisotopic (exact) mass is 302 g/mol. The number of halogens is 1. The molecule has 1 aromatic rings. The number of carbonyl (C=O) groups is 1. The van der Waals surface area contributed by atoms with Crippen LogP contribution in [0, 0.1) is 0 Å². The average molecular weight is 303 g/mol. The fraction of sp³-hybridized carbons (Fsp3) is 0.500. The molecule has 0 saturated heterocycles. The third-order valence-corrected chi connectivity index (χ3v) is 2.50. The zero-order chi connectivity index (χ0) is 14.3. The Labute approximate surface area is 125 Å². The number of hydrogen-bond donors (Lipinski definition) is 3. The van der Waals surface area contributed by atoms with E-state index in [9.17, 15) is 9.90 Å². The van der Waals surface area contributed by atoms with Crippen molar-refractivity contribution in [3.8, 4) is 5.75 Å². The van der Waals surface area contributed by atoms with Crippen molar-refractivity contribution < 1.29 is 14.6 Å². The van der Waals surface area contributed by atoms with Crippen molar-refractivity contribution in [3.05, 3.63) is 29.8 Å². The summed E-state index contributed by atoms with van der Waals surface area (Å²) in [7, 11) is 0. The molecule has 5 nitrogen and oxygen atoms in total. The minimum absolute atomic E-state index is 0. The second kappa shape index (κ2) is 9.58. The highest BCUT2D eigenvalue weighted by Gasteiger charge is 2.09. The van der Waals surface area contributed by atoms with Crippen LogP contribution in [0.2, 0.25) is 0 Å². The van der Waals surface area contributed by atoms with Gasteiger partial charge in [0.25, 0.3) is 0 Å². The summed E-state index contributed by atoms with van der Waals surface area (Å²) in [6, 6.07) is 7.19. The first kappa shape index (κ1) is 18.7. The predicted molar refractivity (Wildman–Crippen MR) is 81.1 cm³/mol. The number of ether oxygens (including phenoxy) is 1. The number of hydrogen-bond acceptors (Lipinski definition) is 4. The Morgan fingerprint density at radius 3 is 2.45 bits per heavy atom. The largest absolute Gasteiger partial charge is 0.491 e. The highest BCUT2D eigenvalue weighted by Crippen LogP contribution is 2.18. The van der Waals surface area contributed by atoms with E-state index >= 15 is 0 Å². The van der Waals surface area contributed by atoms with Crippen LogP contribution in [0.15, 0.2) is 24.3 Å². The molecule has 1 aromatic carbocycles. The Balaban J connectivity index is 0.00000361. The first-order chi connectivity index (χ1) is 9.02. The Hall–Kier alpha value is -1.30. The quantitative estimate of drug-likeness (QED) is 0.711. The maximum absolute atomic E-state index is 11.2. The lowest BCUT2D eigenvalue weighted by Gasteiger charge is -2.14. The number of benzene rings is 1. The molecule has 6 heteroatoms. The normalized spacial score (nSPS) is 11.7. The molecular weight excluding hydrogens is 280 g/mol. The molecule has 0 aliphatic carbocycles. The third-order valence-electron chi connectivity index (χ3n) is 2.50. The van der Waals surface area contributed by atoms with E-state index in [2.05, 4.69) is 5.32 Å². The van der Waals surface area contributed by atoms with Gasteiger partial charge in [0.05, 0.1) is 12.2 Å². The van der Waals surface area contributed by atoms with Crippen LogP contribution in [-0.4, -0.2) is 30.2 Å². The lowest BCUT2D eigenvalue weighted by Crippen LogP contribution is -2.29. The van der Waals surface area contributed by atoms with E-state index in [-0.39, 0.29) is 37.4 Å². The topological polar surface area (TPSA) is 84.6 Å². The van der Waals surface area contributed by atoms with Gasteiger partial charge in [0.2, 0.25) is 5.91 Å². The maximum Gasteiger partial charge on any atom is 0.221 e.